The Morgan fingerprint density at radius 3 is 2.38 bits per heavy atom. The van der Waals surface area contributed by atoms with Gasteiger partial charge in [0, 0.05) is 19.7 Å². The van der Waals surface area contributed by atoms with Crippen molar-refractivity contribution in [2.24, 2.45) is 0 Å². The van der Waals surface area contributed by atoms with Crippen LogP contribution in [0, 0.1) is 12.7 Å². The lowest BCUT2D eigenvalue weighted by molar-refractivity contribution is 0.275. The Balaban J connectivity index is 3.44. The highest BCUT2D eigenvalue weighted by molar-refractivity contribution is 7.89. The maximum Gasteiger partial charge on any atom is 0.242 e. The van der Waals surface area contributed by atoms with Crippen LogP contribution in [-0.2, 0) is 16.6 Å². The van der Waals surface area contributed by atoms with E-state index in [4.69, 9.17) is 5.11 Å². The van der Waals surface area contributed by atoms with Gasteiger partial charge >= 0.3 is 0 Å². The molecule has 0 heterocycles. The van der Waals surface area contributed by atoms with E-state index in [0.717, 1.165) is 10.4 Å². The van der Waals surface area contributed by atoms with E-state index >= 15 is 0 Å². The van der Waals surface area contributed by atoms with Gasteiger partial charge in [0.1, 0.15) is 5.82 Å². The molecule has 16 heavy (non-hydrogen) atoms. The van der Waals surface area contributed by atoms with Crippen molar-refractivity contribution in [3.8, 4) is 0 Å². The number of hydrogen-bond acceptors (Lipinski definition) is 3. The second-order valence-electron chi connectivity index (χ2n) is 3.66. The largest absolute Gasteiger partial charge is 0.392 e. The molecule has 0 radical (unpaired) electrons. The minimum atomic E-state index is -3.59. The van der Waals surface area contributed by atoms with Crippen molar-refractivity contribution in [2.75, 3.05) is 14.1 Å². The molecule has 0 bridgehead atoms. The van der Waals surface area contributed by atoms with Crippen molar-refractivity contribution >= 4 is 10.0 Å². The third kappa shape index (κ3) is 2.23. The van der Waals surface area contributed by atoms with Gasteiger partial charge in [-0.2, -0.15) is 0 Å². The molecule has 0 saturated heterocycles. The van der Waals surface area contributed by atoms with Gasteiger partial charge in [-0.15, -0.1) is 0 Å². The number of aliphatic hydroxyl groups is 1. The molecule has 0 amide bonds. The molecule has 4 nitrogen and oxygen atoms in total. The first-order chi connectivity index (χ1) is 7.30. The number of hydrogen-bond donors (Lipinski definition) is 1. The van der Waals surface area contributed by atoms with Crippen LogP contribution < -0.4 is 0 Å². The van der Waals surface area contributed by atoms with Gasteiger partial charge in [0.15, 0.2) is 0 Å². The summed E-state index contributed by atoms with van der Waals surface area (Å²) in [6.07, 6.45) is 0. The Hall–Kier alpha value is -0.980. The van der Waals surface area contributed by atoms with Crippen LogP contribution in [0.1, 0.15) is 11.1 Å². The van der Waals surface area contributed by atoms with E-state index in [1.54, 1.807) is 0 Å². The normalized spacial score (nSPS) is 12.1. The summed E-state index contributed by atoms with van der Waals surface area (Å²) < 4.78 is 38.0. The molecule has 90 valence electrons. The van der Waals surface area contributed by atoms with Gasteiger partial charge in [0.25, 0.3) is 0 Å². The van der Waals surface area contributed by atoms with E-state index < -0.39 is 22.4 Å². The molecule has 1 aromatic carbocycles. The van der Waals surface area contributed by atoms with Crippen LogP contribution in [0.5, 0.6) is 0 Å². The molecule has 0 fully saturated rings. The zero-order chi connectivity index (χ0) is 12.5. The highest BCUT2D eigenvalue weighted by Crippen LogP contribution is 2.21. The number of rotatable bonds is 3. The molecule has 0 unspecified atom stereocenters. The quantitative estimate of drug-likeness (QED) is 0.862. The van der Waals surface area contributed by atoms with Gasteiger partial charge in [-0.05, 0) is 24.6 Å². The standard InChI is InChI=1S/C10H14FNO3S/c1-7-4-9(16(14,15)12(2)3)5-8(6-13)10(7)11/h4-5,13H,6H2,1-3H3. The van der Waals surface area contributed by atoms with Crippen molar-refractivity contribution < 1.29 is 17.9 Å². The van der Waals surface area contributed by atoms with Crippen LogP contribution in [0.2, 0.25) is 0 Å². The summed E-state index contributed by atoms with van der Waals surface area (Å²) in [6.45, 7) is 0.937. The minimum Gasteiger partial charge on any atom is -0.392 e. The fourth-order valence-electron chi connectivity index (χ4n) is 1.28. The van der Waals surface area contributed by atoms with Gasteiger partial charge in [-0.1, -0.05) is 0 Å². The molecule has 1 rings (SSSR count). The van der Waals surface area contributed by atoms with E-state index in [9.17, 15) is 12.8 Å². The third-order valence-corrected chi connectivity index (χ3v) is 4.05. The molecule has 0 aliphatic carbocycles. The lowest BCUT2D eigenvalue weighted by Crippen LogP contribution is -2.22. The second-order valence-corrected chi connectivity index (χ2v) is 5.81. The summed E-state index contributed by atoms with van der Waals surface area (Å²) in [5.74, 6) is -0.569. The summed E-state index contributed by atoms with van der Waals surface area (Å²) in [7, 11) is -0.802. The van der Waals surface area contributed by atoms with E-state index in [-0.39, 0.29) is 16.0 Å². The zero-order valence-electron chi connectivity index (χ0n) is 9.36. The van der Waals surface area contributed by atoms with E-state index in [1.165, 1.54) is 27.1 Å². The Bertz CT molecular complexity index is 497. The molecule has 6 heteroatoms. The molecule has 0 saturated carbocycles. The SMILES string of the molecule is Cc1cc(S(=O)(=O)N(C)C)cc(CO)c1F. The zero-order valence-corrected chi connectivity index (χ0v) is 10.2. The van der Waals surface area contributed by atoms with Crippen LogP contribution in [0.3, 0.4) is 0 Å². The predicted molar refractivity (Wildman–Crippen MR) is 57.9 cm³/mol. The Kier molecular flexibility index (Phi) is 3.67. The van der Waals surface area contributed by atoms with Crippen LogP contribution in [-0.4, -0.2) is 31.9 Å². The monoisotopic (exact) mass is 247 g/mol. The topological polar surface area (TPSA) is 57.6 Å². The van der Waals surface area contributed by atoms with Gasteiger partial charge in [-0.25, -0.2) is 17.1 Å². The second kappa shape index (κ2) is 4.48. The number of benzene rings is 1. The minimum absolute atomic E-state index is 0.0135. The smallest absolute Gasteiger partial charge is 0.242 e. The van der Waals surface area contributed by atoms with Crippen LogP contribution in [0.25, 0.3) is 0 Å². The van der Waals surface area contributed by atoms with E-state index in [2.05, 4.69) is 0 Å². The Labute approximate surface area is 94.4 Å². The fourth-order valence-corrected chi connectivity index (χ4v) is 2.32. The highest BCUT2D eigenvalue weighted by Gasteiger charge is 2.20. The molecular weight excluding hydrogens is 233 g/mol. The van der Waals surface area contributed by atoms with Crippen LogP contribution in [0.15, 0.2) is 17.0 Å². The van der Waals surface area contributed by atoms with Crippen molar-refractivity contribution in [1.82, 2.24) is 4.31 Å². The van der Waals surface area contributed by atoms with E-state index in [0.29, 0.717) is 0 Å². The van der Waals surface area contributed by atoms with E-state index in [1.807, 2.05) is 0 Å². The molecular formula is C10H14FNO3S. The first-order valence-corrected chi connectivity index (χ1v) is 6.07. The van der Waals surface area contributed by atoms with Crippen LogP contribution >= 0.6 is 0 Å². The number of aryl methyl sites for hydroxylation is 1. The molecule has 1 aromatic rings. The first-order valence-electron chi connectivity index (χ1n) is 4.63. The molecule has 1 N–H and O–H groups in total. The van der Waals surface area contributed by atoms with Gasteiger partial charge in [-0.3, -0.25) is 0 Å². The molecule has 0 aromatic heterocycles. The maximum atomic E-state index is 13.4. The molecule has 0 aliphatic heterocycles. The number of aliphatic hydroxyl groups excluding tert-OH is 1. The van der Waals surface area contributed by atoms with Gasteiger partial charge < -0.3 is 5.11 Å². The average Bonchev–Trinajstić information content (AvgIpc) is 2.21. The Morgan fingerprint density at radius 2 is 1.94 bits per heavy atom. The molecule has 0 atom stereocenters. The first kappa shape index (κ1) is 13.1. The third-order valence-electron chi connectivity index (χ3n) is 2.25. The van der Waals surface area contributed by atoms with Crippen molar-refractivity contribution in [1.29, 1.82) is 0 Å². The summed E-state index contributed by atoms with van der Waals surface area (Å²) in [5, 5.41) is 8.92. The number of sulfonamides is 1. The average molecular weight is 247 g/mol. The fraction of sp³-hybridized carbons (Fsp3) is 0.400. The maximum absolute atomic E-state index is 13.4. The van der Waals surface area contributed by atoms with Crippen molar-refractivity contribution in [3.63, 3.8) is 0 Å². The predicted octanol–water partition coefficient (Wildman–Crippen LogP) is 0.877. The number of halogens is 1. The van der Waals surface area contributed by atoms with Gasteiger partial charge in [0.05, 0.1) is 11.5 Å². The highest BCUT2D eigenvalue weighted by atomic mass is 32.2. The van der Waals surface area contributed by atoms with Crippen LogP contribution in [0.4, 0.5) is 4.39 Å². The Morgan fingerprint density at radius 1 is 1.38 bits per heavy atom. The summed E-state index contributed by atoms with van der Waals surface area (Å²) in [6, 6.07) is 2.40. The molecule has 0 aliphatic rings. The van der Waals surface area contributed by atoms with Crippen molar-refractivity contribution in [3.05, 3.63) is 29.1 Å². The summed E-state index contributed by atoms with van der Waals surface area (Å²) >= 11 is 0. The number of nitrogens with zero attached hydrogens (tertiary/aromatic N) is 1. The lowest BCUT2D eigenvalue weighted by atomic mass is 10.1. The summed E-state index contributed by atoms with van der Waals surface area (Å²) in [4.78, 5) is -0.0135. The van der Waals surface area contributed by atoms with Crippen molar-refractivity contribution in [2.45, 2.75) is 18.4 Å². The molecule has 0 spiro atoms. The summed E-state index contributed by atoms with van der Waals surface area (Å²) in [5.41, 5.74) is 0.187. The van der Waals surface area contributed by atoms with Gasteiger partial charge in [0.2, 0.25) is 10.0 Å². The lowest BCUT2D eigenvalue weighted by Gasteiger charge is -2.13.